The number of carbonyl (C=O) groups is 3. The second kappa shape index (κ2) is 13.1. The molecule has 1 aliphatic heterocycles. The smallest absolute Gasteiger partial charge is 0.338 e. The van der Waals surface area contributed by atoms with Crippen LogP contribution in [0.25, 0.3) is 11.2 Å². The van der Waals surface area contributed by atoms with Crippen molar-refractivity contribution in [2.45, 2.75) is 45.3 Å². The highest BCUT2D eigenvalue weighted by atomic mass is 35.5. The Bertz CT molecular complexity index is 1890. The second-order valence-corrected chi connectivity index (χ2v) is 11.3. The first-order valence-electron chi connectivity index (χ1n) is 14.5. The normalized spacial score (nSPS) is 19.1. The minimum Gasteiger partial charge on any atom is -0.459 e. The number of carbonyl (C=O) groups excluding carboxylic acids is 3. The molecule has 12 heteroatoms. The van der Waals surface area contributed by atoms with Crippen LogP contribution in [0.3, 0.4) is 0 Å². The van der Waals surface area contributed by atoms with E-state index in [0.717, 1.165) is 16.7 Å². The van der Waals surface area contributed by atoms with Gasteiger partial charge in [-0.3, -0.25) is 4.57 Å². The third-order valence-corrected chi connectivity index (χ3v) is 7.88. The van der Waals surface area contributed by atoms with Gasteiger partial charge in [0.2, 0.25) is 0 Å². The van der Waals surface area contributed by atoms with Crippen LogP contribution in [-0.4, -0.2) is 62.3 Å². The van der Waals surface area contributed by atoms with Crippen LogP contribution in [0.1, 0.15) is 54.0 Å². The zero-order valence-electron chi connectivity index (χ0n) is 25.1. The molecular weight excluding hydrogens is 612 g/mol. The predicted octanol–water partition coefficient (Wildman–Crippen LogP) is 5.61. The molecule has 1 fully saturated rings. The Morgan fingerprint density at radius 1 is 0.717 bits per heavy atom. The lowest BCUT2D eigenvalue weighted by Gasteiger charge is -2.25. The number of rotatable bonds is 8. The fraction of sp³-hybridized carbons (Fsp3) is 0.235. The molecule has 46 heavy (non-hydrogen) atoms. The molecule has 5 aromatic rings. The van der Waals surface area contributed by atoms with Crippen LogP contribution in [0.4, 0.5) is 0 Å². The number of hydrogen-bond donors (Lipinski definition) is 0. The van der Waals surface area contributed by atoms with Gasteiger partial charge in [0, 0.05) is 0 Å². The molecule has 4 atom stereocenters. The van der Waals surface area contributed by atoms with Gasteiger partial charge in [-0.05, 0) is 57.2 Å². The monoisotopic (exact) mass is 640 g/mol. The zero-order chi connectivity index (χ0) is 32.4. The van der Waals surface area contributed by atoms with Crippen LogP contribution in [0.2, 0.25) is 5.15 Å². The Morgan fingerprint density at radius 3 is 1.76 bits per heavy atom. The molecule has 0 aliphatic carbocycles. The van der Waals surface area contributed by atoms with Gasteiger partial charge in [0.25, 0.3) is 0 Å². The summed E-state index contributed by atoms with van der Waals surface area (Å²) in [6.45, 7) is 5.38. The Hall–Kier alpha value is -5.13. The number of ether oxygens (including phenoxy) is 4. The Labute approximate surface area is 269 Å². The number of halogens is 1. The molecule has 2 aromatic heterocycles. The van der Waals surface area contributed by atoms with Gasteiger partial charge in [0.05, 0.1) is 23.0 Å². The number of hydrogen-bond acceptors (Lipinski definition) is 10. The van der Waals surface area contributed by atoms with E-state index in [9.17, 15) is 14.4 Å². The maximum Gasteiger partial charge on any atom is 0.338 e. The number of nitrogens with zero attached hydrogens (tertiary/aromatic N) is 4. The lowest BCUT2D eigenvalue weighted by Crippen LogP contribution is -2.41. The van der Waals surface area contributed by atoms with Crippen LogP contribution in [0.5, 0.6) is 0 Å². The topological polar surface area (TPSA) is 132 Å². The van der Waals surface area contributed by atoms with Crippen molar-refractivity contribution in [1.82, 2.24) is 19.5 Å². The van der Waals surface area contributed by atoms with Crippen LogP contribution < -0.4 is 0 Å². The van der Waals surface area contributed by atoms with E-state index in [1.165, 1.54) is 17.2 Å². The molecule has 3 heterocycles. The molecule has 0 bridgehead atoms. The summed E-state index contributed by atoms with van der Waals surface area (Å²) in [6, 6.07) is 20.5. The van der Waals surface area contributed by atoms with Crippen molar-refractivity contribution < 1.29 is 33.3 Å². The lowest BCUT2D eigenvalue weighted by atomic mass is 10.1. The molecule has 1 saturated heterocycles. The molecule has 0 radical (unpaired) electrons. The van der Waals surface area contributed by atoms with E-state index in [0.29, 0.717) is 16.7 Å². The largest absolute Gasteiger partial charge is 0.459 e. The molecular formula is C34H29ClN4O7. The second-order valence-electron chi connectivity index (χ2n) is 11.0. The molecule has 234 valence electrons. The zero-order valence-corrected chi connectivity index (χ0v) is 25.9. The van der Waals surface area contributed by atoms with Crippen LogP contribution in [-0.2, 0) is 18.9 Å². The Kier molecular flexibility index (Phi) is 8.78. The van der Waals surface area contributed by atoms with Crippen molar-refractivity contribution in [3.63, 3.8) is 0 Å². The van der Waals surface area contributed by atoms with Crippen molar-refractivity contribution >= 4 is 40.7 Å². The summed E-state index contributed by atoms with van der Waals surface area (Å²) in [7, 11) is 0. The fourth-order valence-electron chi connectivity index (χ4n) is 5.04. The molecule has 0 amide bonds. The average Bonchev–Trinajstić information content (AvgIpc) is 3.62. The van der Waals surface area contributed by atoms with E-state index < -0.39 is 42.4 Å². The minimum absolute atomic E-state index is 0.112. The summed E-state index contributed by atoms with van der Waals surface area (Å²) in [6.07, 6.45) is -1.92. The van der Waals surface area contributed by atoms with Gasteiger partial charge in [-0.1, -0.05) is 64.7 Å². The lowest BCUT2D eigenvalue weighted by molar-refractivity contribution is -0.0606. The van der Waals surface area contributed by atoms with E-state index in [1.54, 1.807) is 72.8 Å². The maximum atomic E-state index is 13.5. The average molecular weight is 641 g/mol. The van der Waals surface area contributed by atoms with Gasteiger partial charge < -0.3 is 18.9 Å². The van der Waals surface area contributed by atoms with Crippen LogP contribution in [0, 0.1) is 20.8 Å². The van der Waals surface area contributed by atoms with Crippen molar-refractivity contribution in [2.24, 2.45) is 0 Å². The highest BCUT2D eigenvalue weighted by Crippen LogP contribution is 2.37. The summed E-state index contributed by atoms with van der Waals surface area (Å²) in [4.78, 5) is 52.5. The summed E-state index contributed by atoms with van der Waals surface area (Å²) in [5, 5.41) is 0.112. The van der Waals surface area contributed by atoms with E-state index in [2.05, 4.69) is 15.0 Å². The van der Waals surface area contributed by atoms with Gasteiger partial charge >= 0.3 is 17.9 Å². The molecule has 6 rings (SSSR count). The number of benzene rings is 3. The summed E-state index contributed by atoms with van der Waals surface area (Å²) >= 11 is 6.27. The fourth-order valence-corrected chi connectivity index (χ4v) is 5.21. The van der Waals surface area contributed by atoms with Crippen molar-refractivity contribution in [3.8, 4) is 0 Å². The van der Waals surface area contributed by atoms with Crippen molar-refractivity contribution in [2.75, 3.05) is 6.61 Å². The van der Waals surface area contributed by atoms with E-state index >= 15 is 0 Å². The standard InChI is InChI=1S/C34H29ClN4O7/c1-19-4-10-22(11-5-19)32(40)43-16-25-27(45-33(41)23-12-6-20(2)7-13-23)28(46-34(42)24-14-8-21(3)9-15-24)31(44-25)39-18-38-26-29(35)36-17-37-30(26)39/h4-15,17-18,25,27-28,31H,16H2,1-3H3/t25-,27-,28-,31-/m1/s1. The first-order chi connectivity index (χ1) is 22.2. The molecule has 3 aromatic carbocycles. The quantitative estimate of drug-likeness (QED) is 0.120. The number of aryl methyl sites for hydroxylation is 3. The molecule has 0 spiro atoms. The summed E-state index contributed by atoms with van der Waals surface area (Å²) in [5.74, 6) is -1.96. The molecule has 0 N–H and O–H groups in total. The van der Waals surface area contributed by atoms with E-state index in [4.69, 9.17) is 30.5 Å². The molecule has 0 unspecified atom stereocenters. The number of aromatic nitrogens is 4. The first kappa shape index (κ1) is 30.9. The SMILES string of the molecule is Cc1ccc(C(=O)OC[C@H]2O[C@@H](n3cnc4c(Cl)ncnc43)[C@H](OC(=O)c3ccc(C)cc3)[C@@H]2OC(=O)c2ccc(C)cc2)cc1. The summed E-state index contributed by atoms with van der Waals surface area (Å²) in [5.41, 5.74) is 4.38. The highest BCUT2D eigenvalue weighted by Gasteiger charge is 2.52. The number of fused-ring (bicyclic) bond motifs is 1. The Balaban J connectivity index is 1.37. The number of esters is 3. The molecule has 0 saturated carbocycles. The van der Waals surface area contributed by atoms with Gasteiger partial charge in [0.1, 0.15) is 24.6 Å². The molecule has 11 nitrogen and oxygen atoms in total. The van der Waals surface area contributed by atoms with Crippen molar-refractivity contribution in [3.05, 3.63) is 124 Å². The summed E-state index contributed by atoms with van der Waals surface area (Å²) < 4.78 is 25.6. The van der Waals surface area contributed by atoms with Gasteiger partial charge in [-0.2, -0.15) is 0 Å². The third kappa shape index (κ3) is 6.46. The van der Waals surface area contributed by atoms with Gasteiger partial charge in [-0.15, -0.1) is 0 Å². The van der Waals surface area contributed by atoms with Crippen LogP contribution >= 0.6 is 11.6 Å². The minimum atomic E-state index is -1.22. The molecule has 1 aliphatic rings. The maximum absolute atomic E-state index is 13.5. The van der Waals surface area contributed by atoms with Gasteiger partial charge in [-0.25, -0.2) is 29.3 Å². The number of imidazole rings is 1. The third-order valence-electron chi connectivity index (χ3n) is 7.60. The van der Waals surface area contributed by atoms with Crippen molar-refractivity contribution in [1.29, 1.82) is 0 Å². The van der Waals surface area contributed by atoms with Gasteiger partial charge in [0.15, 0.2) is 29.2 Å². The first-order valence-corrected chi connectivity index (χ1v) is 14.8. The highest BCUT2D eigenvalue weighted by molar-refractivity contribution is 6.33. The Morgan fingerprint density at radius 2 is 1.22 bits per heavy atom. The van der Waals surface area contributed by atoms with E-state index in [1.807, 2.05) is 20.8 Å². The van der Waals surface area contributed by atoms with E-state index in [-0.39, 0.29) is 22.9 Å². The van der Waals surface area contributed by atoms with Crippen LogP contribution in [0.15, 0.2) is 85.5 Å². The predicted molar refractivity (Wildman–Crippen MR) is 166 cm³/mol.